The largest absolute Gasteiger partial charge is 0.464 e. The van der Waals surface area contributed by atoms with E-state index in [1.54, 1.807) is 30.9 Å². The smallest absolute Gasteiger partial charge is 0.331 e. The first-order chi connectivity index (χ1) is 12.3. The Balaban J connectivity index is 1.65. The summed E-state index contributed by atoms with van der Waals surface area (Å²) in [5.74, 6) is 0.159. The molecule has 0 saturated carbocycles. The fraction of sp³-hybridized carbons (Fsp3) is 0.611. The van der Waals surface area contributed by atoms with E-state index in [0.717, 1.165) is 0 Å². The maximum Gasteiger partial charge on any atom is 0.331 e. The summed E-state index contributed by atoms with van der Waals surface area (Å²) in [6.45, 7) is 6.47. The molecule has 0 aromatic carbocycles. The Kier molecular flexibility index (Phi) is 5.04. The van der Waals surface area contributed by atoms with Gasteiger partial charge in [0.25, 0.3) is 5.91 Å². The molecule has 0 bridgehead atoms. The number of nitrogens with zero attached hydrogens (tertiary/aromatic N) is 2. The molecule has 2 amide bonds. The van der Waals surface area contributed by atoms with E-state index in [4.69, 9.17) is 13.9 Å². The molecule has 1 spiro atoms. The van der Waals surface area contributed by atoms with E-state index >= 15 is 0 Å². The highest BCUT2D eigenvalue weighted by Gasteiger charge is 2.50. The van der Waals surface area contributed by atoms with Crippen LogP contribution in [0.15, 0.2) is 16.5 Å². The van der Waals surface area contributed by atoms with Crippen LogP contribution in [0.25, 0.3) is 0 Å². The van der Waals surface area contributed by atoms with Crippen molar-refractivity contribution in [1.29, 1.82) is 0 Å². The zero-order chi connectivity index (χ0) is 18.9. The summed E-state index contributed by atoms with van der Waals surface area (Å²) in [4.78, 5) is 39.7. The highest BCUT2D eigenvalue weighted by molar-refractivity contribution is 5.92. The molecule has 3 rings (SSSR count). The summed E-state index contributed by atoms with van der Waals surface area (Å²) in [7, 11) is 0. The van der Waals surface area contributed by atoms with Crippen molar-refractivity contribution >= 4 is 17.8 Å². The minimum atomic E-state index is -0.746. The summed E-state index contributed by atoms with van der Waals surface area (Å²) in [5, 5.41) is 0. The number of carbonyl (C=O) groups excluding carboxylic acids is 3. The summed E-state index contributed by atoms with van der Waals surface area (Å²) in [6.07, 6.45) is 0.559. The molecular formula is C18H24N2O6. The third-order valence-electron chi connectivity index (χ3n) is 4.89. The van der Waals surface area contributed by atoms with Crippen LogP contribution in [0.5, 0.6) is 0 Å². The van der Waals surface area contributed by atoms with Crippen molar-refractivity contribution in [2.75, 3.05) is 32.8 Å². The van der Waals surface area contributed by atoms with E-state index < -0.39 is 17.6 Å². The first-order valence-corrected chi connectivity index (χ1v) is 8.79. The summed E-state index contributed by atoms with van der Waals surface area (Å²) in [5.41, 5.74) is -0.535. The van der Waals surface area contributed by atoms with Crippen molar-refractivity contribution in [3.63, 3.8) is 0 Å². The van der Waals surface area contributed by atoms with Crippen molar-refractivity contribution in [3.8, 4) is 0 Å². The number of rotatable bonds is 3. The molecule has 142 valence electrons. The SMILES string of the molecule is CCOC(=O)C1COC2(CCN1C(C)=O)CN(C(=O)c1ccc(C)o1)C2. The van der Waals surface area contributed by atoms with Gasteiger partial charge in [-0.15, -0.1) is 0 Å². The third kappa shape index (κ3) is 3.46. The van der Waals surface area contributed by atoms with E-state index in [1.165, 1.54) is 11.8 Å². The molecule has 0 N–H and O–H groups in total. The van der Waals surface area contributed by atoms with Gasteiger partial charge in [0.1, 0.15) is 11.4 Å². The first-order valence-electron chi connectivity index (χ1n) is 8.79. The molecular weight excluding hydrogens is 340 g/mol. The second-order valence-corrected chi connectivity index (χ2v) is 6.80. The van der Waals surface area contributed by atoms with E-state index in [0.29, 0.717) is 37.6 Å². The number of ether oxygens (including phenoxy) is 2. The summed E-state index contributed by atoms with van der Waals surface area (Å²) in [6, 6.07) is 2.66. The minimum absolute atomic E-state index is 0.0697. The molecule has 1 aromatic rings. The Hall–Kier alpha value is -2.35. The van der Waals surface area contributed by atoms with Crippen molar-refractivity contribution < 1.29 is 28.3 Å². The Morgan fingerprint density at radius 3 is 2.62 bits per heavy atom. The molecule has 2 aliphatic heterocycles. The van der Waals surface area contributed by atoms with Crippen molar-refractivity contribution in [3.05, 3.63) is 23.7 Å². The van der Waals surface area contributed by atoms with E-state index in [2.05, 4.69) is 0 Å². The second kappa shape index (κ2) is 7.11. The standard InChI is InChI=1S/C18H24N2O6/c1-4-24-17(23)14-9-25-18(7-8-20(14)13(3)21)10-19(11-18)16(22)15-6-5-12(2)26-15/h5-6,14H,4,7-11H2,1-3H3. The number of carbonyl (C=O) groups is 3. The van der Waals surface area contributed by atoms with Gasteiger partial charge in [-0.25, -0.2) is 4.79 Å². The van der Waals surface area contributed by atoms with Crippen LogP contribution >= 0.6 is 0 Å². The van der Waals surface area contributed by atoms with Gasteiger partial charge in [-0.3, -0.25) is 9.59 Å². The number of aryl methyl sites for hydroxylation is 1. The average Bonchev–Trinajstić information content (AvgIpc) is 2.88. The number of hydrogen-bond donors (Lipinski definition) is 0. The van der Waals surface area contributed by atoms with Crippen LogP contribution in [0.4, 0.5) is 0 Å². The number of likely N-dealkylation sites (tertiary alicyclic amines) is 1. The van der Waals surface area contributed by atoms with Gasteiger partial charge in [-0.05, 0) is 32.4 Å². The highest BCUT2D eigenvalue weighted by atomic mass is 16.5. The fourth-order valence-corrected chi connectivity index (χ4v) is 3.46. The lowest BCUT2D eigenvalue weighted by atomic mass is 9.89. The molecule has 1 atom stereocenters. The Bertz CT molecular complexity index is 706. The van der Waals surface area contributed by atoms with Crippen LogP contribution < -0.4 is 0 Å². The van der Waals surface area contributed by atoms with Crippen LogP contribution in [0.1, 0.15) is 36.6 Å². The number of esters is 1. The van der Waals surface area contributed by atoms with E-state index in [-0.39, 0.29) is 25.0 Å². The molecule has 2 saturated heterocycles. The third-order valence-corrected chi connectivity index (χ3v) is 4.89. The molecule has 26 heavy (non-hydrogen) atoms. The fourth-order valence-electron chi connectivity index (χ4n) is 3.46. The van der Waals surface area contributed by atoms with Crippen LogP contribution in [0, 0.1) is 6.92 Å². The quantitative estimate of drug-likeness (QED) is 0.743. The first kappa shape index (κ1) is 18.4. The highest BCUT2D eigenvalue weighted by Crippen LogP contribution is 2.33. The Morgan fingerprint density at radius 1 is 1.31 bits per heavy atom. The molecule has 3 heterocycles. The lowest BCUT2D eigenvalue weighted by molar-refractivity contribution is -0.160. The van der Waals surface area contributed by atoms with Crippen LogP contribution in [0.2, 0.25) is 0 Å². The molecule has 1 aromatic heterocycles. The Morgan fingerprint density at radius 2 is 2.04 bits per heavy atom. The molecule has 8 nitrogen and oxygen atoms in total. The molecule has 0 aliphatic carbocycles. The van der Waals surface area contributed by atoms with E-state index in [1.807, 2.05) is 0 Å². The van der Waals surface area contributed by atoms with Crippen LogP contribution in [-0.4, -0.2) is 72.1 Å². The zero-order valence-corrected chi connectivity index (χ0v) is 15.3. The van der Waals surface area contributed by atoms with Gasteiger partial charge in [0.05, 0.1) is 26.3 Å². The van der Waals surface area contributed by atoms with Crippen LogP contribution in [0.3, 0.4) is 0 Å². The molecule has 2 aliphatic rings. The zero-order valence-electron chi connectivity index (χ0n) is 15.3. The van der Waals surface area contributed by atoms with Crippen LogP contribution in [-0.2, 0) is 19.1 Å². The molecule has 0 radical (unpaired) electrons. The van der Waals surface area contributed by atoms with Gasteiger partial charge >= 0.3 is 5.97 Å². The number of furan rings is 1. The van der Waals surface area contributed by atoms with Crippen molar-refractivity contribution in [1.82, 2.24) is 9.80 Å². The lowest BCUT2D eigenvalue weighted by Crippen LogP contribution is -2.65. The van der Waals surface area contributed by atoms with Crippen molar-refractivity contribution in [2.24, 2.45) is 0 Å². The second-order valence-electron chi connectivity index (χ2n) is 6.80. The topological polar surface area (TPSA) is 89.3 Å². The predicted octanol–water partition coefficient (Wildman–Crippen LogP) is 0.983. The summed E-state index contributed by atoms with van der Waals surface area (Å²) >= 11 is 0. The molecule has 1 unspecified atom stereocenters. The molecule has 8 heteroatoms. The minimum Gasteiger partial charge on any atom is -0.464 e. The van der Waals surface area contributed by atoms with Gasteiger partial charge in [-0.2, -0.15) is 0 Å². The number of hydrogen-bond acceptors (Lipinski definition) is 6. The maximum atomic E-state index is 12.4. The van der Waals surface area contributed by atoms with Gasteiger partial charge in [0, 0.05) is 13.5 Å². The predicted molar refractivity (Wildman–Crippen MR) is 90.5 cm³/mol. The van der Waals surface area contributed by atoms with Crippen molar-refractivity contribution in [2.45, 2.75) is 38.8 Å². The van der Waals surface area contributed by atoms with Gasteiger partial charge < -0.3 is 23.7 Å². The lowest BCUT2D eigenvalue weighted by Gasteiger charge is -2.48. The molecule has 2 fully saturated rings. The van der Waals surface area contributed by atoms with E-state index in [9.17, 15) is 14.4 Å². The number of amides is 2. The normalized spacial score (nSPS) is 21.9. The monoisotopic (exact) mass is 364 g/mol. The average molecular weight is 364 g/mol. The van der Waals surface area contributed by atoms with Gasteiger partial charge in [0.2, 0.25) is 5.91 Å². The summed E-state index contributed by atoms with van der Waals surface area (Å²) < 4.78 is 16.4. The van der Waals surface area contributed by atoms with Gasteiger partial charge in [0.15, 0.2) is 11.8 Å². The Labute approximate surface area is 152 Å². The maximum absolute atomic E-state index is 12.4. The van der Waals surface area contributed by atoms with Gasteiger partial charge in [-0.1, -0.05) is 0 Å².